The number of hydrogen-bond acceptors (Lipinski definition) is 5. The van der Waals surface area contributed by atoms with Crippen molar-refractivity contribution in [1.82, 2.24) is 14.8 Å². The van der Waals surface area contributed by atoms with Gasteiger partial charge < -0.3 is 11.1 Å². The van der Waals surface area contributed by atoms with Gasteiger partial charge in [-0.3, -0.25) is 14.5 Å². The van der Waals surface area contributed by atoms with Crippen LogP contribution in [0.1, 0.15) is 35.7 Å². The van der Waals surface area contributed by atoms with Crippen LogP contribution >= 0.6 is 0 Å². The standard InChI is InChI=1S/C19H18N6O/c20-7-5-17(13-1-2-13)25-11-16(18(21)26)19(24-25)23-15-4-3-12-6-8-22-10-14(12)9-15/h3-4,6,8-11,13,17H,1-2,5H2,(H2,21,26)(H,23,24). The topological polar surface area (TPSA) is 110 Å². The monoisotopic (exact) mass is 346 g/mol. The molecule has 7 nitrogen and oxygen atoms in total. The lowest BCUT2D eigenvalue weighted by molar-refractivity contribution is 0.100. The average molecular weight is 346 g/mol. The van der Waals surface area contributed by atoms with Gasteiger partial charge in [0, 0.05) is 29.7 Å². The molecule has 1 aliphatic carbocycles. The van der Waals surface area contributed by atoms with Gasteiger partial charge in [-0.15, -0.1) is 0 Å². The molecule has 1 aliphatic rings. The number of nitrogens with two attached hydrogens (primary N) is 1. The number of aromatic nitrogens is 3. The fourth-order valence-electron chi connectivity index (χ4n) is 3.18. The molecule has 1 aromatic carbocycles. The van der Waals surface area contributed by atoms with Crippen molar-refractivity contribution in [3.63, 3.8) is 0 Å². The van der Waals surface area contributed by atoms with Crippen LogP contribution in [0.2, 0.25) is 0 Å². The summed E-state index contributed by atoms with van der Waals surface area (Å²) in [7, 11) is 0. The number of carbonyl (C=O) groups excluding carboxylic acids is 1. The maximum absolute atomic E-state index is 11.9. The van der Waals surface area contributed by atoms with E-state index in [4.69, 9.17) is 11.0 Å². The van der Waals surface area contributed by atoms with Gasteiger partial charge in [-0.2, -0.15) is 10.4 Å². The molecule has 1 saturated carbocycles. The Balaban J connectivity index is 1.68. The van der Waals surface area contributed by atoms with Crippen molar-refractivity contribution < 1.29 is 4.79 Å². The van der Waals surface area contributed by atoms with Gasteiger partial charge in [0.25, 0.3) is 5.91 Å². The highest BCUT2D eigenvalue weighted by molar-refractivity contribution is 5.98. The number of carbonyl (C=O) groups is 1. The number of nitrogens with zero attached hydrogens (tertiary/aromatic N) is 4. The van der Waals surface area contributed by atoms with Crippen LogP contribution in [0, 0.1) is 17.2 Å². The Hall–Kier alpha value is -3.40. The maximum Gasteiger partial charge on any atom is 0.254 e. The molecule has 1 amide bonds. The van der Waals surface area contributed by atoms with Crippen molar-refractivity contribution in [2.75, 3.05) is 5.32 Å². The summed E-state index contributed by atoms with van der Waals surface area (Å²) in [5, 5.41) is 18.9. The maximum atomic E-state index is 11.9. The molecule has 3 N–H and O–H groups in total. The van der Waals surface area contributed by atoms with E-state index in [0.29, 0.717) is 23.7 Å². The molecule has 26 heavy (non-hydrogen) atoms. The summed E-state index contributed by atoms with van der Waals surface area (Å²) in [6, 6.07) is 9.96. The van der Waals surface area contributed by atoms with Gasteiger partial charge in [0.2, 0.25) is 0 Å². The number of anilines is 2. The van der Waals surface area contributed by atoms with Gasteiger partial charge in [0.05, 0.1) is 18.5 Å². The first-order chi connectivity index (χ1) is 12.7. The molecule has 4 rings (SSSR count). The minimum atomic E-state index is -0.548. The highest BCUT2D eigenvalue weighted by Crippen LogP contribution is 2.41. The van der Waals surface area contributed by atoms with Crippen molar-refractivity contribution in [3.8, 4) is 6.07 Å². The molecule has 0 radical (unpaired) electrons. The first-order valence-electron chi connectivity index (χ1n) is 8.52. The van der Waals surface area contributed by atoms with E-state index in [1.807, 2.05) is 24.3 Å². The number of nitriles is 1. The normalized spacial score (nSPS) is 14.7. The molecule has 0 saturated heterocycles. The molecule has 130 valence electrons. The minimum Gasteiger partial charge on any atom is -0.365 e. The van der Waals surface area contributed by atoms with Gasteiger partial charge in [0.1, 0.15) is 5.56 Å². The number of amides is 1. The number of pyridine rings is 1. The lowest BCUT2D eigenvalue weighted by atomic mass is 10.1. The highest BCUT2D eigenvalue weighted by Gasteiger charge is 2.33. The second-order valence-electron chi connectivity index (χ2n) is 6.57. The SMILES string of the molecule is N#CCC(C1CC1)n1cc(C(N)=O)c(Nc2ccc3ccncc3c2)n1. The zero-order valence-corrected chi connectivity index (χ0v) is 14.1. The molecular weight excluding hydrogens is 328 g/mol. The lowest BCUT2D eigenvalue weighted by Gasteiger charge is -2.12. The smallest absolute Gasteiger partial charge is 0.254 e. The van der Waals surface area contributed by atoms with Crippen LogP contribution in [0.4, 0.5) is 11.5 Å². The van der Waals surface area contributed by atoms with E-state index in [1.165, 1.54) is 0 Å². The van der Waals surface area contributed by atoms with Crippen LogP contribution in [0.3, 0.4) is 0 Å². The predicted octanol–water partition coefficient (Wildman–Crippen LogP) is 3.14. The molecule has 3 aromatic rings. The summed E-state index contributed by atoms with van der Waals surface area (Å²) in [5.41, 5.74) is 6.64. The summed E-state index contributed by atoms with van der Waals surface area (Å²) in [6.45, 7) is 0. The summed E-state index contributed by atoms with van der Waals surface area (Å²) >= 11 is 0. The summed E-state index contributed by atoms with van der Waals surface area (Å²) < 4.78 is 1.71. The van der Waals surface area contributed by atoms with Gasteiger partial charge >= 0.3 is 0 Å². The summed E-state index contributed by atoms with van der Waals surface area (Å²) in [4.78, 5) is 16.0. The quantitative estimate of drug-likeness (QED) is 0.712. The highest BCUT2D eigenvalue weighted by atomic mass is 16.1. The Morgan fingerprint density at radius 1 is 1.38 bits per heavy atom. The summed E-state index contributed by atoms with van der Waals surface area (Å²) in [6.07, 6.45) is 7.70. The van der Waals surface area contributed by atoms with Crippen LogP contribution in [0.25, 0.3) is 10.8 Å². The molecule has 1 fully saturated rings. The number of nitrogens with one attached hydrogen (secondary N) is 1. The zero-order chi connectivity index (χ0) is 18.1. The van der Waals surface area contributed by atoms with Gasteiger partial charge in [-0.05, 0) is 42.3 Å². The third-order valence-corrected chi connectivity index (χ3v) is 4.71. The molecule has 2 aromatic heterocycles. The van der Waals surface area contributed by atoms with Crippen LogP contribution < -0.4 is 11.1 Å². The van der Waals surface area contributed by atoms with E-state index in [9.17, 15) is 4.79 Å². The van der Waals surface area contributed by atoms with Crippen molar-refractivity contribution in [1.29, 1.82) is 5.26 Å². The Morgan fingerprint density at radius 2 is 2.23 bits per heavy atom. The number of primary amides is 1. The predicted molar refractivity (Wildman–Crippen MR) is 97.8 cm³/mol. The molecular formula is C19H18N6O. The van der Waals surface area contributed by atoms with E-state index in [2.05, 4.69) is 21.5 Å². The van der Waals surface area contributed by atoms with Crippen molar-refractivity contribution in [2.24, 2.45) is 11.7 Å². The number of hydrogen-bond donors (Lipinski definition) is 2. The van der Waals surface area contributed by atoms with Gasteiger partial charge in [-0.1, -0.05) is 6.07 Å². The molecule has 0 spiro atoms. The van der Waals surface area contributed by atoms with Crippen molar-refractivity contribution in [3.05, 3.63) is 48.4 Å². The third-order valence-electron chi connectivity index (χ3n) is 4.71. The second-order valence-corrected chi connectivity index (χ2v) is 6.57. The molecule has 1 unspecified atom stereocenters. The van der Waals surface area contributed by atoms with E-state index in [1.54, 1.807) is 23.3 Å². The Kier molecular flexibility index (Phi) is 4.01. The van der Waals surface area contributed by atoms with Gasteiger partial charge in [-0.25, -0.2) is 0 Å². The van der Waals surface area contributed by atoms with E-state index < -0.39 is 5.91 Å². The largest absolute Gasteiger partial charge is 0.365 e. The first-order valence-corrected chi connectivity index (χ1v) is 8.52. The van der Waals surface area contributed by atoms with Crippen molar-refractivity contribution >= 4 is 28.2 Å². The number of benzene rings is 1. The van der Waals surface area contributed by atoms with Crippen LogP contribution in [0.15, 0.2) is 42.9 Å². The fourth-order valence-corrected chi connectivity index (χ4v) is 3.18. The molecule has 0 aliphatic heterocycles. The van der Waals surface area contributed by atoms with Crippen LogP contribution in [-0.2, 0) is 0 Å². The minimum absolute atomic E-state index is 0.0190. The first kappa shape index (κ1) is 16.1. The van der Waals surface area contributed by atoms with E-state index in [0.717, 1.165) is 29.3 Å². The summed E-state index contributed by atoms with van der Waals surface area (Å²) in [5.74, 6) is 0.298. The fraction of sp³-hybridized carbons (Fsp3) is 0.263. The molecule has 7 heteroatoms. The molecule has 1 atom stereocenters. The van der Waals surface area contributed by atoms with Crippen LogP contribution in [-0.4, -0.2) is 20.7 Å². The Labute approximate surface area is 150 Å². The average Bonchev–Trinajstić information content (AvgIpc) is 3.39. The Morgan fingerprint density at radius 3 is 2.96 bits per heavy atom. The zero-order valence-electron chi connectivity index (χ0n) is 14.1. The Bertz CT molecular complexity index is 1010. The van der Waals surface area contributed by atoms with E-state index >= 15 is 0 Å². The lowest BCUT2D eigenvalue weighted by Crippen LogP contribution is -2.12. The van der Waals surface area contributed by atoms with E-state index in [-0.39, 0.29) is 6.04 Å². The number of rotatable bonds is 6. The van der Waals surface area contributed by atoms with Crippen LogP contribution in [0.5, 0.6) is 0 Å². The molecule has 0 bridgehead atoms. The second kappa shape index (κ2) is 6.48. The van der Waals surface area contributed by atoms with Crippen molar-refractivity contribution in [2.45, 2.75) is 25.3 Å². The molecule has 2 heterocycles. The third kappa shape index (κ3) is 3.09. The number of fused-ring (bicyclic) bond motifs is 1. The van der Waals surface area contributed by atoms with Gasteiger partial charge in [0.15, 0.2) is 5.82 Å².